The van der Waals surface area contributed by atoms with Gasteiger partial charge >= 0.3 is 0 Å². The van der Waals surface area contributed by atoms with Gasteiger partial charge in [-0.15, -0.1) is 10.2 Å². The van der Waals surface area contributed by atoms with Gasteiger partial charge in [-0.3, -0.25) is 19.2 Å². The summed E-state index contributed by atoms with van der Waals surface area (Å²) in [5.74, 6) is -2.71. The maximum Gasteiger partial charge on any atom is 0.259 e. The zero-order chi connectivity index (χ0) is 14.3. The Morgan fingerprint density at radius 2 is 1.25 bits per heavy atom. The quantitative estimate of drug-likeness (QED) is 0.616. The van der Waals surface area contributed by atoms with Crippen LogP contribution in [0, 0.1) is 0 Å². The molecule has 3 rings (SSSR count). The molecule has 2 aliphatic heterocycles. The van der Waals surface area contributed by atoms with Gasteiger partial charge in [0.2, 0.25) is 0 Å². The van der Waals surface area contributed by atoms with Crippen LogP contribution in [0.5, 0.6) is 0 Å². The number of nitrogens with zero attached hydrogens (tertiary/aromatic N) is 5. The summed E-state index contributed by atoms with van der Waals surface area (Å²) in [7, 11) is 0. The van der Waals surface area contributed by atoms with Gasteiger partial charge in [-0.05, 0) is 5.21 Å². The van der Waals surface area contributed by atoms with Gasteiger partial charge in [-0.2, -0.15) is 0 Å². The molecule has 0 atom stereocenters. The van der Waals surface area contributed by atoms with Crippen molar-refractivity contribution in [1.29, 1.82) is 0 Å². The molecule has 0 fully saturated rings. The number of rotatable bonds is 2. The fourth-order valence-electron chi connectivity index (χ4n) is 1.82. The van der Waals surface area contributed by atoms with Gasteiger partial charge in [0.15, 0.2) is 5.82 Å². The van der Waals surface area contributed by atoms with Gasteiger partial charge < -0.3 is 0 Å². The minimum Gasteiger partial charge on any atom is -0.269 e. The highest BCUT2D eigenvalue weighted by Gasteiger charge is 2.35. The molecule has 3 heterocycles. The number of carbonyl (C=O) groups excluding carboxylic acids is 4. The van der Waals surface area contributed by atoms with Crippen molar-refractivity contribution >= 4 is 35.1 Å². The van der Waals surface area contributed by atoms with Crippen molar-refractivity contribution in [2.45, 2.75) is 0 Å². The van der Waals surface area contributed by atoms with Crippen LogP contribution in [0.25, 0.3) is 0 Å². The van der Waals surface area contributed by atoms with Crippen molar-refractivity contribution < 1.29 is 19.2 Å². The van der Waals surface area contributed by atoms with Crippen LogP contribution >= 0.6 is 0 Å². The molecule has 0 saturated carbocycles. The third-order valence-electron chi connectivity index (χ3n) is 2.67. The lowest BCUT2D eigenvalue weighted by Gasteiger charge is -2.19. The van der Waals surface area contributed by atoms with Gasteiger partial charge in [0.1, 0.15) is 5.69 Å². The molecule has 0 radical (unpaired) electrons. The summed E-state index contributed by atoms with van der Waals surface area (Å²) in [5, 5.41) is 10.4. The van der Waals surface area contributed by atoms with E-state index in [-0.39, 0.29) is 11.5 Å². The Morgan fingerprint density at radius 3 is 1.80 bits per heavy atom. The predicted molar refractivity (Wildman–Crippen MR) is 63.1 cm³/mol. The van der Waals surface area contributed by atoms with E-state index >= 15 is 0 Å². The molecule has 1 aromatic rings. The van der Waals surface area contributed by atoms with E-state index in [1.807, 2.05) is 0 Å². The normalized spacial score (nSPS) is 17.8. The average Bonchev–Trinajstić information content (AvgIpc) is 2.93. The summed E-state index contributed by atoms with van der Waals surface area (Å²) in [6.45, 7) is 0. The van der Waals surface area contributed by atoms with Gasteiger partial charge in [0.25, 0.3) is 23.6 Å². The second-order valence-electron chi connectivity index (χ2n) is 3.83. The number of hydrogen-bond donors (Lipinski definition) is 0. The van der Waals surface area contributed by atoms with E-state index in [0.717, 1.165) is 35.4 Å². The van der Waals surface area contributed by atoms with Crippen molar-refractivity contribution in [3.8, 4) is 0 Å². The molecule has 0 aromatic carbocycles. The molecular weight excluding hydrogens is 266 g/mol. The van der Waals surface area contributed by atoms with E-state index in [2.05, 4.69) is 15.4 Å². The number of imide groups is 2. The first-order valence-electron chi connectivity index (χ1n) is 5.40. The lowest BCUT2D eigenvalue weighted by atomic mass is 10.3. The Morgan fingerprint density at radius 1 is 0.750 bits per heavy atom. The molecule has 0 bridgehead atoms. The predicted octanol–water partition coefficient (Wildman–Crippen LogP) is -1.27. The number of amides is 4. The molecular formula is C11H5N5O4. The Balaban J connectivity index is 2.10. The van der Waals surface area contributed by atoms with Crippen LogP contribution in [0.3, 0.4) is 0 Å². The molecule has 4 amide bonds. The summed E-state index contributed by atoms with van der Waals surface area (Å²) in [5.41, 5.74) is -0.0783. The van der Waals surface area contributed by atoms with Gasteiger partial charge in [0, 0.05) is 24.3 Å². The van der Waals surface area contributed by atoms with Crippen LogP contribution in [0.2, 0.25) is 0 Å². The molecule has 1 aromatic heterocycles. The maximum atomic E-state index is 11.7. The summed E-state index contributed by atoms with van der Waals surface area (Å²) < 4.78 is 0. The topological polar surface area (TPSA) is 113 Å². The molecule has 0 N–H and O–H groups in total. The van der Waals surface area contributed by atoms with Crippen LogP contribution in [0.1, 0.15) is 0 Å². The lowest BCUT2D eigenvalue weighted by Crippen LogP contribution is -2.36. The first kappa shape index (κ1) is 11.8. The number of hydrogen-bond acceptors (Lipinski definition) is 7. The van der Waals surface area contributed by atoms with Crippen LogP contribution in [0.4, 0.5) is 11.5 Å². The van der Waals surface area contributed by atoms with E-state index in [4.69, 9.17) is 0 Å². The van der Waals surface area contributed by atoms with Gasteiger partial charge in [-0.25, -0.2) is 9.80 Å². The van der Waals surface area contributed by atoms with Gasteiger partial charge in [-0.1, -0.05) is 0 Å². The fourth-order valence-corrected chi connectivity index (χ4v) is 1.82. The molecule has 0 spiro atoms. The number of anilines is 2. The first-order chi connectivity index (χ1) is 9.59. The summed E-state index contributed by atoms with van der Waals surface area (Å²) in [6.07, 6.45) is 5.33. The largest absolute Gasteiger partial charge is 0.269 e. The molecule has 2 aliphatic rings. The first-order valence-corrected chi connectivity index (χ1v) is 5.40. The van der Waals surface area contributed by atoms with Crippen molar-refractivity contribution in [2.24, 2.45) is 0 Å². The second kappa shape index (κ2) is 4.16. The molecule has 98 valence electrons. The Hall–Kier alpha value is -3.23. The van der Waals surface area contributed by atoms with E-state index in [1.54, 1.807) is 0 Å². The van der Waals surface area contributed by atoms with E-state index < -0.39 is 23.6 Å². The van der Waals surface area contributed by atoms with Crippen LogP contribution in [-0.2, 0) is 19.2 Å². The highest BCUT2D eigenvalue weighted by Crippen LogP contribution is 2.29. The highest BCUT2D eigenvalue weighted by atomic mass is 16.2. The monoisotopic (exact) mass is 271 g/mol. The van der Waals surface area contributed by atoms with Crippen molar-refractivity contribution in [2.75, 3.05) is 9.80 Å². The molecule has 9 heteroatoms. The summed E-state index contributed by atoms with van der Waals surface area (Å²) >= 11 is 0. The molecule has 9 nitrogen and oxygen atoms in total. The zero-order valence-corrected chi connectivity index (χ0v) is 9.76. The molecule has 20 heavy (non-hydrogen) atoms. The van der Waals surface area contributed by atoms with E-state index in [9.17, 15) is 19.2 Å². The van der Waals surface area contributed by atoms with Crippen LogP contribution < -0.4 is 9.80 Å². The molecule has 0 saturated heterocycles. The third kappa shape index (κ3) is 1.61. The van der Waals surface area contributed by atoms with E-state index in [0.29, 0.717) is 4.90 Å². The minimum absolute atomic E-state index is 0.0783. The SMILES string of the molecule is O=C1C=CC(=O)N1c1cnnnc1N1C(=O)C=CC1=O. The van der Waals surface area contributed by atoms with E-state index in [1.165, 1.54) is 0 Å². The Bertz CT molecular complexity index is 626. The number of carbonyl (C=O) groups is 4. The summed E-state index contributed by atoms with van der Waals surface area (Å²) in [4.78, 5) is 48.1. The van der Waals surface area contributed by atoms with Crippen molar-refractivity contribution in [3.63, 3.8) is 0 Å². The number of aromatic nitrogens is 3. The molecule has 0 unspecified atom stereocenters. The maximum absolute atomic E-state index is 11.7. The molecule has 0 aliphatic carbocycles. The van der Waals surface area contributed by atoms with Crippen molar-refractivity contribution in [3.05, 3.63) is 30.5 Å². The van der Waals surface area contributed by atoms with Crippen LogP contribution in [0.15, 0.2) is 30.5 Å². The Kier molecular flexibility index (Phi) is 2.46. The van der Waals surface area contributed by atoms with Crippen LogP contribution in [-0.4, -0.2) is 39.0 Å². The minimum atomic E-state index is -0.635. The fraction of sp³-hybridized carbons (Fsp3) is 0. The third-order valence-corrected chi connectivity index (χ3v) is 2.67. The smallest absolute Gasteiger partial charge is 0.259 e. The second-order valence-corrected chi connectivity index (χ2v) is 3.83. The zero-order valence-electron chi connectivity index (χ0n) is 9.76. The Labute approximate surface area is 111 Å². The average molecular weight is 271 g/mol. The van der Waals surface area contributed by atoms with Gasteiger partial charge in [0.05, 0.1) is 6.20 Å². The highest BCUT2D eigenvalue weighted by molar-refractivity contribution is 6.32. The standard InChI is InChI=1S/C11H5N5O4/c17-7-1-2-8(18)15(7)6-5-12-14-13-11(6)16-9(19)3-4-10(16)20/h1-5H. The lowest BCUT2D eigenvalue weighted by molar-refractivity contribution is -0.122. The van der Waals surface area contributed by atoms with Crippen molar-refractivity contribution in [1.82, 2.24) is 15.4 Å². The summed E-state index contributed by atoms with van der Waals surface area (Å²) in [6, 6.07) is 0.